The van der Waals surface area contributed by atoms with Gasteiger partial charge in [0.25, 0.3) is 5.91 Å². The van der Waals surface area contributed by atoms with Crippen LogP contribution in [0.2, 0.25) is 0 Å². The predicted molar refractivity (Wildman–Crippen MR) is 114 cm³/mol. The second-order valence-corrected chi connectivity index (χ2v) is 9.45. The highest BCUT2D eigenvalue weighted by atomic mass is 79.9. The third kappa shape index (κ3) is 3.15. The molecule has 0 unspecified atom stereocenters. The minimum atomic E-state index is -1.30. The van der Waals surface area contributed by atoms with E-state index in [1.807, 2.05) is 24.3 Å². The van der Waals surface area contributed by atoms with Gasteiger partial charge >= 0.3 is 0 Å². The molecule has 0 saturated carbocycles. The number of benzene rings is 1. The van der Waals surface area contributed by atoms with Crippen molar-refractivity contribution in [2.24, 2.45) is 0 Å². The van der Waals surface area contributed by atoms with E-state index in [9.17, 15) is 9.90 Å². The van der Waals surface area contributed by atoms with E-state index in [1.54, 1.807) is 36.4 Å². The average Bonchev–Trinajstić information content (AvgIpc) is 3.43. The lowest BCUT2D eigenvalue weighted by atomic mass is 10.0. The Kier molecular flexibility index (Phi) is 4.53. The van der Waals surface area contributed by atoms with Gasteiger partial charge in [-0.15, -0.1) is 11.3 Å². The van der Waals surface area contributed by atoms with Crippen LogP contribution in [0.4, 0.5) is 0 Å². The number of hydrogen-bond acceptors (Lipinski definition) is 7. The standard InChI is InChI=1S/C20H18BrN5O3S/c1-20(2,28)19-25-16(21)15(29-19)18(27)26-8-7-11-13(23-9-22-11)14(26)17-24-10-5-3-4-6-12(10)30-17/h3-6,9,14,28H,7-8H2,1-2H3,(H,22,23)/t14-/m0/s1. The second-order valence-electron chi connectivity index (χ2n) is 7.64. The molecule has 8 nitrogen and oxygen atoms in total. The maximum absolute atomic E-state index is 13.5. The molecule has 0 fully saturated rings. The van der Waals surface area contributed by atoms with Gasteiger partial charge in [0.2, 0.25) is 11.7 Å². The zero-order chi connectivity index (χ0) is 21.0. The Balaban J connectivity index is 1.60. The number of oxazole rings is 1. The van der Waals surface area contributed by atoms with Crippen LogP contribution >= 0.6 is 27.3 Å². The van der Waals surface area contributed by atoms with E-state index >= 15 is 0 Å². The smallest absolute Gasteiger partial charge is 0.293 e. The Hall–Kier alpha value is -2.56. The lowest BCUT2D eigenvalue weighted by Crippen LogP contribution is -2.40. The summed E-state index contributed by atoms with van der Waals surface area (Å²) in [5.74, 6) is -0.202. The minimum absolute atomic E-state index is 0.0530. The van der Waals surface area contributed by atoms with Crippen molar-refractivity contribution < 1.29 is 14.3 Å². The Labute approximate surface area is 184 Å². The van der Waals surface area contributed by atoms with Crippen LogP contribution in [-0.2, 0) is 12.0 Å². The number of para-hydroxylation sites is 1. The highest BCUT2D eigenvalue weighted by Crippen LogP contribution is 2.39. The Morgan fingerprint density at radius 1 is 1.37 bits per heavy atom. The summed E-state index contributed by atoms with van der Waals surface area (Å²) in [7, 11) is 0. The molecule has 1 aliphatic rings. The van der Waals surface area contributed by atoms with Crippen LogP contribution < -0.4 is 0 Å². The molecule has 1 aromatic carbocycles. The van der Waals surface area contributed by atoms with E-state index in [1.165, 1.54) is 0 Å². The number of fused-ring (bicyclic) bond motifs is 2. The number of nitrogens with one attached hydrogen (secondary N) is 1. The summed E-state index contributed by atoms with van der Waals surface area (Å²) in [4.78, 5) is 31.9. The van der Waals surface area contributed by atoms with Crippen LogP contribution in [0.15, 0.2) is 39.6 Å². The monoisotopic (exact) mass is 487 g/mol. The molecule has 1 aliphatic heterocycles. The van der Waals surface area contributed by atoms with Gasteiger partial charge in [-0.25, -0.2) is 15.0 Å². The molecule has 3 aromatic heterocycles. The largest absolute Gasteiger partial charge is 0.431 e. The third-order valence-electron chi connectivity index (χ3n) is 5.03. The summed E-state index contributed by atoms with van der Waals surface area (Å²) in [5, 5.41) is 11.0. The van der Waals surface area contributed by atoms with Gasteiger partial charge in [-0.2, -0.15) is 0 Å². The van der Waals surface area contributed by atoms with Crippen molar-refractivity contribution in [2.75, 3.05) is 6.54 Å². The highest BCUT2D eigenvalue weighted by Gasteiger charge is 2.39. The van der Waals surface area contributed by atoms with Gasteiger partial charge in [0.1, 0.15) is 16.7 Å². The molecule has 0 saturated heterocycles. The average molecular weight is 488 g/mol. The molecule has 5 rings (SSSR count). The maximum atomic E-state index is 13.5. The summed E-state index contributed by atoms with van der Waals surface area (Å²) < 4.78 is 6.98. The van der Waals surface area contributed by atoms with Crippen molar-refractivity contribution in [3.05, 3.63) is 63.2 Å². The van der Waals surface area contributed by atoms with Gasteiger partial charge < -0.3 is 19.4 Å². The van der Waals surface area contributed by atoms with Crippen molar-refractivity contribution in [1.82, 2.24) is 24.8 Å². The zero-order valence-electron chi connectivity index (χ0n) is 16.2. The van der Waals surface area contributed by atoms with Gasteiger partial charge in [0.05, 0.1) is 22.2 Å². The number of thiazole rings is 1. The van der Waals surface area contributed by atoms with Gasteiger partial charge in [-0.1, -0.05) is 12.1 Å². The normalized spacial score (nSPS) is 16.8. The molecule has 30 heavy (non-hydrogen) atoms. The number of halogens is 1. The number of carbonyl (C=O) groups excluding carboxylic acids is 1. The molecular weight excluding hydrogens is 470 g/mol. The van der Waals surface area contributed by atoms with Crippen molar-refractivity contribution in [1.29, 1.82) is 0 Å². The van der Waals surface area contributed by atoms with Crippen LogP contribution in [0.1, 0.15) is 52.7 Å². The lowest BCUT2D eigenvalue weighted by molar-refractivity contribution is 0.0441. The van der Waals surface area contributed by atoms with Crippen molar-refractivity contribution in [3.63, 3.8) is 0 Å². The molecule has 1 amide bonds. The molecule has 4 aromatic rings. The number of rotatable bonds is 3. The molecule has 0 aliphatic carbocycles. The van der Waals surface area contributed by atoms with Crippen LogP contribution in [-0.4, -0.2) is 42.4 Å². The molecule has 4 heterocycles. The number of nitrogens with zero attached hydrogens (tertiary/aromatic N) is 4. The molecule has 0 radical (unpaired) electrons. The number of aliphatic hydroxyl groups is 1. The fourth-order valence-electron chi connectivity index (χ4n) is 3.58. The number of aromatic nitrogens is 4. The predicted octanol–water partition coefficient (Wildman–Crippen LogP) is 3.79. The minimum Gasteiger partial charge on any atom is -0.431 e. The van der Waals surface area contributed by atoms with E-state index in [2.05, 4.69) is 30.9 Å². The van der Waals surface area contributed by atoms with Crippen molar-refractivity contribution in [2.45, 2.75) is 31.9 Å². The lowest BCUT2D eigenvalue weighted by Gasteiger charge is -2.33. The SMILES string of the molecule is CC(C)(O)c1nc(Br)c(C(=O)N2CCc3[nH]cnc3[C@H]2c2nc3ccccc3s2)o1. The Bertz CT molecular complexity index is 1220. The first kappa shape index (κ1) is 19.4. The zero-order valence-corrected chi connectivity index (χ0v) is 18.6. The second kappa shape index (κ2) is 7.00. The van der Waals surface area contributed by atoms with Crippen molar-refractivity contribution >= 4 is 43.4 Å². The van der Waals surface area contributed by atoms with E-state index < -0.39 is 11.6 Å². The van der Waals surface area contributed by atoms with Gasteiger partial charge in [-0.05, 0) is 41.9 Å². The fraction of sp³-hybridized carbons (Fsp3) is 0.300. The van der Waals surface area contributed by atoms with E-state index in [0.717, 1.165) is 26.6 Å². The van der Waals surface area contributed by atoms with Crippen LogP contribution in [0.5, 0.6) is 0 Å². The number of aromatic amines is 1. The summed E-state index contributed by atoms with van der Waals surface area (Å²) in [5.41, 5.74) is 1.37. The van der Waals surface area contributed by atoms with E-state index in [-0.39, 0.29) is 22.2 Å². The van der Waals surface area contributed by atoms with Gasteiger partial charge in [0.15, 0.2) is 4.60 Å². The van der Waals surface area contributed by atoms with Gasteiger partial charge in [-0.3, -0.25) is 4.79 Å². The molecular formula is C20H18BrN5O3S. The van der Waals surface area contributed by atoms with Crippen LogP contribution in [0.25, 0.3) is 10.2 Å². The molecule has 1 atom stereocenters. The first-order valence-corrected chi connectivity index (χ1v) is 11.0. The fourth-order valence-corrected chi connectivity index (χ4v) is 5.07. The topological polar surface area (TPSA) is 108 Å². The summed E-state index contributed by atoms with van der Waals surface area (Å²) in [6.07, 6.45) is 2.29. The number of amides is 1. The molecule has 0 spiro atoms. The molecule has 154 valence electrons. The number of H-pyrrole nitrogens is 1. The quantitative estimate of drug-likeness (QED) is 0.455. The molecule has 2 N–H and O–H groups in total. The summed E-state index contributed by atoms with van der Waals surface area (Å²) in [6, 6.07) is 7.45. The van der Waals surface area contributed by atoms with Crippen molar-refractivity contribution in [3.8, 4) is 0 Å². The third-order valence-corrected chi connectivity index (χ3v) is 6.66. The Morgan fingerprint density at radius 2 is 2.17 bits per heavy atom. The van der Waals surface area contributed by atoms with Crippen LogP contribution in [0, 0.1) is 0 Å². The maximum Gasteiger partial charge on any atom is 0.293 e. The van der Waals surface area contributed by atoms with Gasteiger partial charge in [0, 0.05) is 18.7 Å². The Morgan fingerprint density at radius 3 is 2.90 bits per heavy atom. The number of imidazole rings is 1. The summed E-state index contributed by atoms with van der Waals surface area (Å²) >= 11 is 4.85. The first-order valence-electron chi connectivity index (χ1n) is 9.40. The van der Waals surface area contributed by atoms with Crippen LogP contribution in [0.3, 0.4) is 0 Å². The number of carbonyl (C=O) groups is 1. The summed E-state index contributed by atoms with van der Waals surface area (Å²) in [6.45, 7) is 3.58. The molecule has 10 heteroatoms. The first-order chi connectivity index (χ1) is 14.3. The van der Waals surface area contributed by atoms with E-state index in [0.29, 0.717) is 13.0 Å². The van der Waals surface area contributed by atoms with E-state index in [4.69, 9.17) is 9.40 Å². The highest BCUT2D eigenvalue weighted by molar-refractivity contribution is 9.10. The molecule has 0 bridgehead atoms. The number of hydrogen-bond donors (Lipinski definition) is 2.